The van der Waals surface area contributed by atoms with E-state index >= 15 is 0 Å². The molecule has 2 aliphatic heterocycles. The van der Waals surface area contributed by atoms with E-state index in [1.807, 2.05) is 19.9 Å². The summed E-state index contributed by atoms with van der Waals surface area (Å²) >= 11 is 1.61. The first kappa shape index (κ1) is 17.0. The number of allylic oxidation sites excluding steroid dienone is 1. The summed E-state index contributed by atoms with van der Waals surface area (Å²) in [6.45, 7) is 5.08. The molecule has 7 nitrogen and oxygen atoms in total. The van der Waals surface area contributed by atoms with Gasteiger partial charge in [0.25, 0.3) is 5.91 Å². The number of fused-ring (bicyclic) bond motifs is 1. The van der Waals surface area contributed by atoms with Gasteiger partial charge in [0.2, 0.25) is 5.91 Å². The Labute approximate surface area is 145 Å². The van der Waals surface area contributed by atoms with Gasteiger partial charge in [-0.3, -0.25) is 9.59 Å². The van der Waals surface area contributed by atoms with E-state index in [1.165, 1.54) is 0 Å². The fraction of sp³-hybridized carbons (Fsp3) is 0.625. The highest BCUT2D eigenvalue weighted by atomic mass is 32.2. The van der Waals surface area contributed by atoms with E-state index in [0.717, 1.165) is 37.5 Å². The Bertz CT molecular complexity index is 669. The van der Waals surface area contributed by atoms with Gasteiger partial charge < -0.3 is 14.8 Å². The van der Waals surface area contributed by atoms with Crippen LogP contribution in [0.4, 0.5) is 0 Å². The topological polar surface area (TPSA) is 80.1 Å². The highest BCUT2D eigenvalue weighted by Gasteiger charge is 2.35. The van der Waals surface area contributed by atoms with E-state index in [1.54, 1.807) is 16.7 Å². The number of thioether (sulfide) groups is 1. The van der Waals surface area contributed by atoms with Crippen molar-refractivity contribution in [3.63, 3.8) is 0 Å². The summed E-state index contributed by atoms with van der Waals surface area (Å²) in [6, 6.07) is -0.413. The molecule has 24 heavy (non-hydrogen) atoms. The molecule has 130 valence electrons. The van der Waals surface area contributed by atoms with Gasteiger partial charge in [-0.25, -0.2) is 0 Å². The lowest BCUT2D eigenvalue weighted by molar-refractivity contribution is -0.135. The molecule has 0 radical (unpaired) electrons. The number of amides is 2. The summed E-state index contributed by atoms with van der Waals surface area (Å²) in [4.78, 5) is 26.7. The minimum absolute atomic E-state index is 0.0506. The Morgan fingerprint density at radius 3 is 3.04 bits per heavy atom. The Balaban J connectivity index is 1.61. The van der Waals surface area contributed by atoms with E-state index in [-0.39, 0.29) is 11.8 Å². The van der Waals surface area contributed by atoms with Gasteiger partial charge in [0, 0.05) is 24.3 Å². The van der Waals surface area contributed by atoms with Crippen molar-refractivity contribution >= 4 is 23.6 Å². The minimum Gasteiger partial charge on any atom is -0.347 e. The number of carbonyl (C=O) groups excluding carboxylic acids is 2. The highest BCUT2D eigenvalue weighted by Crippen LogP contribution is 2.23. The van der Waals surface area contributed by atoms with Crippen molar-refractivity contribution in [1.29, 1.82) is 0 Å². The molecule has 1 aromatic heterocycles. The van der Waals surface area contributed by atoms with Gasteiger partial charge in [0.15, 0.2) is 5.82 Å². The molecule has 3 heterocycles. The maximum absolute atomic E-state index is 12.5. The Hall–Kier alpha value is -1.83. The van der Waals surface area contributed by atoms with Gasteiger partial charge in [-0.2, -0.15) is 0 Å². The molecular formula is C16H23N5O2S. The lowest BCUT2D eigenvalue weighted by Gasteiger charge is -2.23. The molecule has 0 saturated carbocycles. The Kier molecular flexibility index (Phi) is 5.23. The smallest absolute Gasteiger partial charge is 0.250 e. The summed E-state index contributed by atoms with van der Waals surface area (Å²) in [5, 5.41) is 11.2. The average Bonchev–Trinajstić information content (AvgIpc) is 3.28. The molecule has 0 aliphatic carbocycles. The fourth-order valence-electron chi connectivity index (χ4n) is 3.11. The van der Waals surface area contributed by atoms with Crippen molar-refractivity contribution in [1.82, 2.24) is 25.0 Å². The number of hydrogen-bond acceptors (Lipinski definition) is 5. The molecule has 1 saturated heterocycles. The summed E-state index contributed by atoms with van der Waals surface area (Å²) in [6.07, 6.45) is 4.75. The average molecular weight is 349 g/mol. The van der Waals surface area contributed by atoms with Crippen LogP contribution in [0.5, 0.6) is 0 Å². The van der Waals surface area contributed by atoms with Crippen LogP contribution < -0.4 is 5.32 Å². The number of hydrogen-bond donors (Lipinski definition) is 1. The summed E-state index contributed by atoms with van der Waals surface area (Å²) < 4.78 is 2.07. The number of aromatic nitrogens is 3. The molecule has 8 heteroatoms. The van der Waals surface area contributed by atoms with Crippen molar-refractivity contribution in [2.75, 3.05) is 11.6 Å². The molecule has 1 unspecified atom stereocenters. The zero-order valence-electron chi connectivity index (χ0n) is 14.1. The minimum atomic E-state index is -0.413. The zero-order chi connectivity index (χ0) is 17.1. The van der Waals surface area contributed by atoms with E-state index in [4.69, 9.17) is 0 Å². The van der Waals surface area contributed by atoms with Crippen LogP contribution in [0.2, 0.25) is 0 Å². The van der Waals surface area contributed by atoms with Gasteiger partial charge in [-0.15, -0.1) is 22.0 Å². The van der Waals surface area contributed by atoms with Gasteiger partial charge in [-0.05, 0) is 19.8 Å². The predicted octanol–water partition coefficient (Wildman–Crippen LogP) is 1.10. The first-order chi connectivity index (χ1) is 11.6. The second-order valence-electron chi connectivity index (χ2n) is 6.09. The Morgan fingerprint density at radius 1 is 1.42 bits per heavy atom. The Morgan fingerprint density at radius 2 is 2.25 bits per heavy atom. The molecule has 2 amide bonds. The molecule has 1 atom stereocenters. The van der Waals surface area contributed by atoms with Gasteiger partial charge in [-0.1, -0.05) is 13.0 Å². The first-order valence-corrected chi connectivity index (χ1v) is 9.51. The fourth-order valence-corrected chi connectivity index (χ4v) is 4.26. The van der Waals surface area contributed by atoms with Crippen LogP contribution in [0.25, 0.3) is 0 Å². The van der Waals surface area contributed by atoms with E-state index < -0.39 is 6.04 Å². The van der Waals surface area contributed by atoms with E-state index in [2.05, 4.69) is 20.1 Å². The van der Waals surface area contributed by atoms with Crippen molar-refractivity contribution in [2.24, 2.45) is 0 Å². The van der Waals surface area contributed by atoms with Crippen molar-refractivity contribution in [3.8, 4) is 0 Å². The molecular weight excluding hydrogens is 326 g/mol. The molecule has 1 N–H and O–H groups in total. The molecule has 0 aromatic carbocycles. The molecule has 3 rings (SSSR count). The lowest BCUT2D eigenvalue weighted by Crippen LogP contribution is -2.47. The summed E-state index contributed by atoms with van der Waals surface area (Å²) in [7, 11) is 0. The number of aryl methyl sites for hydroxylation is 1. The zero-order valence-corrected chi connectivity index (χ0v) is 14.9. The van der Waals surface area contributed by atoms with Crippen LogP contribution in [-0.4, -0.2) is 49.2 Å². The van der Waals surface area contributed by atoms with Crippen LogP contribution >= 0.6 is 11.8 Å². The third-order valence-corrected chi connectivity index (χ3v) is 5.41. The third kappa shape index (κ3) is 3.33. The summed E-state index contributed by atoms with van der Waals surface area (Å²) in [5.74, 6) is 2.81. The quantitative estimate of drug-likeness (QED) is 0.805. The second-order valence-corrected chi connectivity index (χ2v) is 7.09. The van der Waals surface area contributed by atoms with Crippen LogP contribution in [0, 0.1) is 0 Å². The van der Waals surface area contributed by atoms with Gasteiger partial charge >= 0.3 is 0 Å². The lowest BCUT2D eigenvalue weighted by atomic mass is 10.2. The van der Waals surface area contributed by atoms with Gasteiger partial charge in [0.05, 0.1) is 12.4 Å². The maximum atomic E-state index is 12.5. The number of nitrogens with one attached hydrogen (secondary N) is 1. The molecule has 2 aliphatic rings. The normalized spacial score (nSPS) is 20.3. The molecule has 0 spiro atoms. The maximum Gasteiger partial charge on any atom is 0.250 e. The SMILES string of the molecule is CC/C=C(\C)C(=O)N1CSCC1C(=O)NCc1nnc2n1CCC2. The number of nitrogens with zero attached hydrogens (tertiary/aromatic N) is 4. The molecule has 1 fully saturated rings. The first-order valence-electron chi connectivity index (χ1n) is 8.36. The van der Waals surface area contributed by atoms with E-state index in [0.29, 0.717) is 23.7 Å². The molecule has 1 aromatic rings. The van der Waals surface area contributed by atoms with Crippen LogP contribution in [0.15, 0.2) is 11.6 Å². The number of carbonyl (C=O) groups is 2. The number of rotatable bonds is 5. The summed E-state index contributed by atoms with van der Waals surface area (Å²) in [5.41, 5.74) is 0.702. The van der Waals surface area contributed by atoms with Crippen LogP contribution in [0.3, 0.4) is 0 Å². The monoisotopic (exact) mass is 349 g/mol. The second kappa shape index (κ2) is 7.38. The van der Waals surface area contributed by atoms with Crippen molar-refractivity contribution in [2.45, 2.75) is 52.2 Å². The molecule has 0 bridgehead atoms. The van der Waals surface area contributed by atoms with Crippen LogP contribution in [-0.2, 0) is 29.1 Å². The van der Waals surface area contributed by atoms with Crippen LogP contribution in [0.1, 0.15) is 38.3 Å². The van der Waals surface area contributed by atoms with Gasteiger partial charge in [0.1, 0.15) is 11.9 Å². The third-order valence-electron chi connectivity index (χ3n) is 4.40. The van der Waals surface area contributed by atoms with E-state index in [9.17, 15) is 9.59 Å². The predicted molar refractivity (Wildman–Crippen MR) is 92.2 cm³/mol. The van der Waals surface area contributed by atoms with Crippen molar-refractivity contribution < 1.29 is 9.59 Å². The highest BCUT2D eigenvalue weighted by molar-refractivity contribution is 7.99. The largest absolute Gasteiger partial charge is 0.347 e. The van der Waals surface area contributed by atoms with Crippen molar-refractivity contribution in [3.05, 3.63) is 23.3 Å². The standard InChI is InChI=1S/C16H23N5O2S/c1-3-5-11(2)16(23)21-10-24-9-12(21)15(22)17-8-14-19-18-13-6-4-7-20(13)14/h5,12H,3-4,6-10H2,1-2H3,(H,17,22)/b11-5+.